The summed E-state index contributed by atoms with van der Waals surface area (Å²) in [7, 11) is 3.78. The second-order valence-corrected chi connectivity index (χ2v) is 10.1. The third-order valence-electron chi connectivity index (χ3n) is 6.78. The van der Waals surface area contributed by atoms with Gasteiger partial charge in [0.25, 0.3) is 5.91 Å². The van der Waals surface area contributed by atoms with Gasteiger partial charge in [-0.3, -0.25) is 9.79 Å². The van der Waals surface area contributed by atoms with Crippen molar-refractivity contribution in [1.82, 2.24) is 20.4 Å². The minimum atomic E-state index is -1.06. The Morgan fingerprint density at radius 2 is 1.85 bits per heavy atom. The summed E-state index contributed by atoms with van der Waals surface area (Å²) in [6.45, 7) is 18.5. The molecule has 220 valence electrons. The van der Waals surface area contributed by atoms with Crippen LogP contribution in [-0.4, -0.2) is 48.7 Å². The maximum Gasteiger partial charge on any atom is 0.253 e. The average Bonchev–Trinajstić information content (AvgIpc) is 3.33. The quantitative estimate of drug-likeness (QED) is 0.254. The van der Waals surface area contributed by atoms with Crippen LogP contribution in [0.25, 0.3) is 11.8 Å². The second-order valence-electron chi connectivity index (χ2n) is 10.1. The molecule has 3 N–H and O–H groups in total. The number of rotatable bonds is 9. The molecule has 1 unspecified atom stereocenters. The van der Waals surface area contributed by atoms with Gasteiger partial charge in [-0.2, -0.15) is 5.10 Å². The highest BCUT2D eigenvalue weighted by Crippen LogP contribution is 2.24. The summed E-state index contributed by atoms with van der Waals surface area (Å²) in [6, 6.07) is 14.7. The highest BCUT2D eigenvalue weighted by molar-refractivity contribution is 6.00. The first-order valence-corrected chi connectivity index (χ1v) is 13.9. The first kappa shape index (κ1) is 33.2. The molecule has 0 aliphatic heterocycles. The molecule has 3 aromatic rings. The van der Waals surface area contributed by atoms with Crippen LogP contribution in [0, 0.1) is 20.8 Å². The van der Waals surface area contributed by atoms with Gasteiger partial charge < -0.3 is 16.0 Å². The molecular formula is C33H45FN6O. The number of hydrogen-bond acceptors (Lipinski definition) is 5. The van der Waals surface area contributed by atoms with E-state index in [1.54, 1.807) is 0 Å². The van der Waals surface area contributed by atoms with E-state index in [0.29, 0.717) is 6.04 Å². The van der Waals surface area contributed by atoms with E-state index in [9.17, 15) is 9.18 Å². The van der Waals surface area contributed by atoms with E-state index in [1.807, 2.05) is 56.9 Å². The Bertz CT molecular complexity index is 1340. The molecule has 1 fully saturated rings. The van der Waals surface area contributed by atoms with Gasteiger partial charge in [-0.05, 0) is 102 Å². The van der Waals surface area contributed by atoms with Crippen LogP contribution in [0.4, 0.5) is 10.1 Å². The zero-order valence-electron chi connectivity index (χ0n) is 25.4. The topological polar surface area (TPSA) is 83.3 Å². The Hall–Kier alpha value is -4.04. The summed E-state index contributed by atoms with van der Waals surface area (Å²) >= 11 is 0. The Morgan fingerprint density at radius 1 is 1.17 bits per heavy atom. The van der Waals surface area contributed by atoms with Gasteiger partial charge in [0, 0.05) is 25.3 Å². The maximum atomic E-state index is 12.2. The van der Waals surface area contributed by atoms with Crippen molar-refractivity contribution in [2.75, 3.05) is 19.4 Å². The number of aromatic nitrogens is 2. The van der Waals surface area contributed by atoms with Crippen LogP contribution in [0.15, 0.2) is 66.3 Å². The van der Waals surface area contributed by atoms with Crippen molar-refractivity contribution in [3.05, 3.63) is 95.0 Å². The fourth-order valence-corrected chi connectivity index (χ4v) is 4.27. The number of benzene rings is 2. The SMILES string of the molecule is C=Cc1cc(CNC)nn1-c1ccccc1C.C=NC(=C)C(C)F.CNc1c(C)cc(C)cc1C(=O)NC1CCC1. The van der Waals surface area contributed by atoms with Gasteiger partial charge in [-0.1, -0.05) is 37.4 Å². The maximum absolute atomic E-state index is 12.2. The number of allylic oxidation sites excluding steroid dienone is 1. The Labute approximate surface area is 244 Å². The highest BCUT2D eigenvalue weighted by atomic mass is 19.1. The number of anilines is 1. The van der Waals surface area contributed by atoms with Crippen molar-refractivity contribution < 1.29 is 9.18 Å². The van der Waals surface area contributed by atoms with E-state index < -0.39 is 6.17 Å². The number of amides is 1. The van der Waals surface area contributed by atoms with Gasteiger partial charge in [0.05, 0.1) is 28.3 Å². The van der Waals surface area contributed by atoms with Crippen LogP contribution in [-0.2, 0) is 6.54 Å². The molecule has 41 heavy (non-hydrogen) atoms. The normalized spacial score (nSPS) is 12.9. The number of carbonyl (C=O) groups is 1. The van der Waals surface area contributed by atoms with Crippen molar-refractivity contribution in [3.8, 4) is 5.69 Å². The number of halogens is 1. The van der Waals surface area contributed by atoms with E-state index in [4.69, 9.17) is 0 Å². The summed E-state index contributed by atoms with van der Waals surface area (Å²) in [5, 5.41) is 13.9. The van der Waals surface area contributed by atoms with Crippen LogP contribution in [0.2, 0.25) is 0 Å². The molecule has 1 atom stereocenters. The predicted octanol–water partition coefficient (Wildman–Crippen LogP) is 6.73. The molecule has 0 spiro atoms. The fourth-order valence-electron chi connectivity index (χ4n) is 4.27. The van der Waals surface area contributed by atoms with Crippen molar-refractivity contribution in [2.45, 2.75) is 65.7 Å². The smallest absolute Gasteiger partial charge is 0.253 e. The molecule has 1 aliphatic rings. The van der Waals surface area contributed by atoms with Crippen LogP contribution >= 0.6 is 0 Å². The zero-order valence-corrected chi connectivity index (χ0v) is 25.4. The fraction of sp³-hybridized carbons (Fsp3) is 0.364. The molecule has 2 aromatic carbocycles. The Kier molecular flexibility index (Phi) is 13.2. The van der Waals surface area contributed by atoms with Crippen molar-refractivity contribution >= 4 is 24.4 Å². The van der Waals surface area contributed by atoms with Crippen LogP contribution in [0.5, 0.6) is 0 Å². The summed E-state index contributed by atoms with van der Waals surface area (Å²) < 4.78 is 13.8. The van der Waals surface area contributed by atoms with E-state index >= 15 is 0 Å². The van der Waals surface area contributed by atoms with Crippen molar-refractivity contribution in [3.63, 3.8) is 0 Å². The molecule has 8 heteroatoms. The molecular weight excluding hydrogens is 515 g/mol. The Morgan fingerprint density at radius 3 is 2.34 bits per heavy atom. The summed E-state index contributed by atoms with van der Waals surface area (Å²) in [5.41, 5.74) is 8.48. The third-order valence-corrected chi connectivity index (χ3v) is 6.78. The van der Waals surface area contributed by atoms with Crippen LogP contribution in [0.1, 0.15) is 64.6 Å². The molecule has 0 radical (unpaired) electrons. The largest absolute Gasteiger partial charge is 0.387 e. The first-order chi connectivity index (χ1) is 19.6. The molecule has 1 aliphatic carbocycles. The van der Waals surface area contributed by atoms with Gasteiger partial charge in [-0.15, -0.1) is 0 Å². The third kappa shape index (κ3) is 9.53. The number of aryl methyl sites for hydroxylation is 3. The summed E-state index contributed by atoms with van der Waals surface area (Å²) in [5.74, 6) is 0.0471. The van der Waals surface area contributed by atoms with E-state index in [1.165, 1.54) is 18.9 Å². The standard InChI is InChI=1S/C14H17N3.C14H20N2O.C5H8FN/c1-4-13-9-12(10-15-3)16-17(13)14-8-6-5-7-11(14)2;1-9-7-10(2)13(15-3)12(8-9)14(17)16-11-5-4-6-11;1-4(6)5(2)7-3/h4-9,15H,1,10H2,2-3H3;7-8,11,15H,4-6H2,1-3H3,(H,16,17);4H,2-3H2,1H3. The first-order valence-electron chi connectivity index (χ1n) is 13.9. The Balaban J connectivity index is 0.000000235. The number of aliphatic imine (C=N–C) groups is 1. The van der Waals surface area contributed by atoms with E-state index in [2.05, 4.69) is 77.1 Å². The van der Waals surface area contributed by atoms with Gasteiger partial charge >= 0.3 is 0 Å². The number of para-hydroxylation sites is 1. The molecule has 0 saturated heterocycles. The van der Waals surface area contributed by atoms with Gasteiger partial charge in [0.2, 0.25) is 0 Å². The van der Waals surface area contributed by atoms with E-state index in [0.717, 1.165) is 58.8 Å². The molecule has 1 amide bonds. The lowest BCUT2D eigenvalue weighted by molar-refractivity contribution is 0.0917. The zero-order chi connectivity index (χ0) is 30.5. The minimum absolute atomic E-state index is 0.0471. The number of alkyl halides is 1. The number of hydrogen-bond donors (Lipinski definition) is 3. The average molecular weight is 561 g/mol. The highest BCUT2D eigenvalue weighted by Gasteiger charge is 2.22. The van der Waals surface area contributed by atoms with Crippen LogP contribution < -0.4 is 16.0 Å². The molecule has 0 bridgehead atoms. The van der Waals surface area contributed by atoms with Crippen molar-refractivity contribution in [2.24, 2.45) is 4.99 Å². The van der Waals surface area contributed by atoms with E-state index in [-0.39, 0.29) is 11.6 Å². The lowest BCUT2D eigenvalue weighted by atomic mass is 9.92. The number of nitrogens with one attached hydrogen (secondary N) is 3. The molecule has 4 rings (SSSR count). The van der Waals surface area contributed by atoms with Gasteiger partial charge in [0.15, 0.2) is 0 Å². The lowest BCUT2D eigenvalue weighted by Gasteiger charge is -2.27. The van der Waals surface area contributed by atoms with Crippen molar-refractivity contribution in [1.29, 1.82) is 0 Å². The number of nitrogens with zero attached hydrogens (tertiary/aromatic N) is 3. The molecule has 7 nitrogen and oxygen atoms in total. The molecule has 1 saturated carbocycles. The predicted molar refractivity (Wildman–Crippen MR) is 171 cm³/mol. The molecule has 1 heterocycles. The lowest BCUT2D eigenvalue weighted by Crippen LogP contribution is -2.39. The second kappa shape index (κ2) is 16.3. The summed E-state index contributed by atoms with van der Waals surface area (Å²) in [6.07, 6.45) is 4.24. The minimum Gasteiger partial charge on any atom is -0.387 e. The van der Waals surface area contributed by atoms with Gasteiger partial charge in [0.1, 0.15) is 6.17 Å². The summed E-state index contributed by atoms with van der Waals surface area (Å²) in [4.78, 5) is 15.4. The number of carbonyl (C=O) groups excluding carboxylic acids is 1. The van der Waals surface area contributed by atoms with Gasteiger partial charge in [-0.25, -0.2) is 9.07 Å². The monoisotopic (exact) mass is 560 g/mol. The molecule has 1 aromatic heterocycles. The van der Waals surface area contributed by atoms with Crippen LogP contribution in [0.3, 0.4) is 0 Å².